The fraction of sp³-hybridized carbons (Fsp3) is 0.600. The normalized spacial score (nSPS) is 22.7. The summed E-state index contributed by atoms with van der Waals surface area (Å²) in [6, 6.07) is 2.87. The molecular formula is C25H29ClF3N3O3. The topological polar surface area (TPSA) is 57.0 Å². The number of likely N-dealkylation sites (tertiary alicyclic amines) is 1. The molecule has 1 aliphatic carbocycles. The number of fused-ring (bicyclic) bond motifs is 1. The van der Waals surface area contributed by atoms with Gasteiger partial charge in [-0.2, -0.15) is 13.2 Å². The highest BCUT2D eigenvalue weighted by Gasteiger charge is 2.39. The average molecular weight is 512 g/mol. The Morgan fingerprint density at radius 2 is 1.74 bits per heavy atom. The molecule has 6 nitrogen and oxygen atoms in total. The van der Waals surface area contributed by atoms with Crippen LogP contribution in [0.15, 0.2) is 16.5 Å². The number of furan rings is 1. The van der Waals surface area contributed by atoms with Gasteiger partial charge in [0.25, 0.3) is 5.91 Å². The number of piperidine rings is 1. The summed E-state index contributed by atoms with van der Waals surface area (Å²) in [7, 11) is 2.04. The molecule has 1 atom stereocenters. The summed E-state index contributed by atoms with van der Waals surface area (Å²) in [6.45, 7) is 5.04. The molecule has 2 saturated heterocycles. The van der Waals surface area contributed by atoms with Crippen molar-refractivity contribution in [1.29, 1.82) is 0 Å². The van der Waals surface area contributed by atoms with Crippen LogP contribution in [0.4, 0.5) is 13.2 Å². The number of rotatable bonds is 3. The van der Waals surface area contributed by atoms with Gasteiger partial charge in [0, 0.05) is 50.1 Å². The third kappa shape index (κ3) is 4.65. The standard InChI is InChI=1S/C25H29ClF3N3O3/c1-14-13-30(2)9-10-32(14)23(33)16-5-7-31(8-6-16)24(34)22-20(26)18-11-17(15-3-4-15)12-19(21(18)35-22)25(27,28)29/h11-12,14-16H,3-10,13H2,1-2H3. The van der Waals surface area contributed by atoms with Gasteiger partial charge in [-0.1, -0.05) is 11.6 Å². The van der Waals surface area contributed by atoms with E-state index < -0.39 is 23.2 Å². The lowest BCUT2D eigenvalue weighted by Gasteiger charge is -2.41. The SMILES string of the molecule is CC1CN(C)CCN1C(=O)C1CCN(C(=O)c2oc3c(C(F)(F)F)cc(C4CC4)cc3c2Cl)CC1. The van der Waals surface area contributed by atoms with E-state index in [2.05, 4.69) is 4.90 Å². The minimum absolute atomic E-state index is 0.0811. The van der Waals surface area contributed by atoms with Gasteiger partial charge in [0.2, 0.25) is 11.7 Å². The van der Waals surface area contributed by atoms with Gasteiger partial charge in [0.1, 0.15) is 5.58 Å². The summed E-state index contributed by atoms with van der Waals surface area (Å²) in [4.78, 5) is 31.9. The highest BCUT2D eigenvalue weighted by molar-refractivity contribution is 6.38. The van der Waals surface area contributed by atoms with Crippen LogP contribution < -0.4 is 0 Å². The monoisotopic (exact) mass is 511 g/mol. The zero-order valence-electron chi connectivity index (χ0n) is 19.8. The minimum Gasteiger partial charge on any atom is -0.449 e. The predicted molar refractivity (Wildman–Crippen MR) is 126 cm³/mol. The number of hydrogen-bond acceptors (Lipinski definition) is 4. The fourth-order valence-electron chi connectivity index (χ4n) is 5.37. The molecule has 2 aliphatic heterocycles. The summed E-state index contributed by atoms with van der Waals surface area (Å²) < 4.78 is 46.8. The summed E-state index contributed by atoms with van der Waals surface area (Å²) in [5.41, 5.74) is -0.725. The first-order valence-corrected chi connectivity index (χ1v) is 12.5. The van der Waals surface area contributed by atoms with E-state index >= 15 is 0 Å². The Bertz CT molecular complexity index is 1150. The number of piperazine rings is 1. The lowest BCUT2D eigenvalue weighted by atomic mass is 9.94. The molecule has 2 aromatic rings. The third-order valence-electron chi connectivity index (χ3n) is 7.54. The molecule has 2 amide bonds. The predicted octanol–water partition coefficient (Wildman–Crippen LogP) is 5.00. The van der Waals surface area contributed by atoms with E-state index in [1.54, 1.807) is 6.07 Å². The molecule has 0 spiro atoms. The fourth-order valence-corrected chi connectivity index (χ4v) is 5.63. The van der Waals surface area contributed by atoms with Crippen LogP contribution in [0.3, 0.4) is 0 Å². The maximum atomic E-state index is 13.8. The van der Waals surface area contributed by atoms with Crippen molar-refractivity contribution in [2.24, 2.45) is 5.92 Å². The van der Waals surface area contributed by atoms with Gasteiger partial charge in [0.15, 0.2) is 0 Å². The molecule has 1 aromatic carbocycles. The Labute approximate surface area is 206 Å². The Kier molecular flexibility index (Phi) is 6.28. The van der Waals surface area contributed by atoms with Crippen molar-refractivity contribution in [3.8, 4) is 0 Å². The second-order valence-electron chi connectivity index (χ2n) is 10.2. The number of carbonyl (C=O) groups is 2. The number of hydrogen-bond donors (Lipinski definition) is 0. The maximum Gasteiger partial charge on any atom is 0.420 e. The number of amides is 2. The van der Waals surface area contributed by atoms with Gasteiger partial charge < -0.3 is 19.1 Å². The average Bonchev–Trinajstić information content (AvgIpc) is 3.61. The van der Waals surface area contributed by atoms with E-state index in [1.807, 2.05) is 18.9 Å². The van der Waals surface area contributed by atoms with E-state index in [4.69, 9.17) is 16.0 Å². The smallest absolute Gasteiger partial charge is 0.420 e. The molecule has 10 heteroatoms. The number of likely N-dealkylation sites (N-methyl/N-ethyl adjacent to an activating group) is 1. The summed E-state index contributed by atoms with van der Waals surface area (Å²) in [5.74, 6) is -0.773. The van der Waals surface area contributed by atoms with Crippen LogP contribution in [0.1, 0.15) is 60.2 Å². The number of benzene rings is 1. The number of alkyl halides is 3. The maximum absolute atomic E-state index is 13.8. The van der Waals surface area contributed by atoms with Gasteiger partial charge >= 0.3 is 6.18 Å². The van der Waals surface area contributed by atoms with Crippen LogP contribution in [-0.2, 0) is 11.0 Å². The molecule has 0 bridgehead atoms. The Hall–Kier alpha value is -2.26. The third-order valence-corrected chi connectivity index (χ3v) is 7.92. The highest BCUT2D eigenvalue weighted by atomic mass is 35.5. The van der Waals surface area contributed by atoms with Crippen molar-refractivity contribution in [3.63, 3.8) is 0 Å². The van der Waals surface area contributed by atoms with Crippen LogP contribution in [0.2, 0.25) is 5.02 Å². The van der Waals surface area contributed by atoms with Gasteiger partial charge in [-0.05, 0) is 63.3 Å². The van der Waals surface area contributed by atoms with Crippen molar-refractivity contribution in [2.45, 2.75) is 50.7 Å². The van der Waals surface area contributed by atoms with Crippen molar-refractivity contribution < 1.29 is 27.2 Å². The van der Waals surface area contributed by atoms with E-state index in [-0.39, 0.29) is 40.0 Å². The Morgan fingerprint density at radius 1 is 1.06 bits per heavy atom. The minimum atomic E-state index is -4.62. The van der Waals surface area contributed by atoms with Crippen LogP contribution in [0.5, 0.6) is 0 Å². The van der Waals surface area contributed by atoms with E-state index in [9.17, 15) is 22.8 Å². The zero-order valence-corrected chi connectivity index (χ0v) is 20.6. The molecule has 0 radical (unpaired) electrons. The summed E-state index contributed by atoms with van der Waals surface area (Å²) in [5, 5.41) is 0.0447. The lowest BCUT2D eigenvalue weighted by Crippen LogP contribution is -2.55. The van der Waals surface area contributed by atoms with Crippen molar-refractivity contribution in [1.82, 2.24) is 14.7 Å². The molecule has 3 fully saturated rings. The van der Waals surface area contributed by atoms with Crippen LogP contribution in [0.25, 0.3) is 11.0 Å². The molecule has 3 aliphatic rings. The van der Waals surface area contributed by atoms with Gasteiger partial charge in [-0.15, -0.1) is 0 Å². The Morgan fingerprint density at radius 3 is 2.34 bits per heavy atom. The molecule has 5 rings (SSSR count). The lowest BCUT2D eigenvalue weighted by molar-refractivity contribution is -0.141. The van der Waals surface area contributed by atoms with Crippen LogP contribution >= 0.6 is 11.6 Å². The molecule has 0 N–H and O–H groups in total. The molecule has 190 valence electrons. The highest BCUT2D eigenvalue weighted by Crippen LogP contribution is 2.47. The quantitative estimate of drug-likeness (QED) is 0.582. The Balaban J connectivity index is 1.33. The molecule has 1 saturated carbocycles. The van der Waals surface area contributed by atoms with Crippen molar-refractivity contribution in [3.05, 3.63) is 34.0 Å². The first-order chi connectivity index (χ1) is 16.5. The van der Waals surface area contributed by atoms with Gasteiger partial charge in [-0.25, -0.2) is 0 Å². The van der Waals surface area contributed by atoms with Gasteiger partial charge in [-0.3, -0.25) is 9.59 Å². The van der Waals surface area contributed by atoms with Crippen LogP contribution in [-0.4, -0.2) is 72.3 Å². The van der Waals surface area contributed by atoms with Crippen LogP contribution in [0, 0.1) is 5.92 Å². The first-order valence-electron chi connectivity index (χ1n) is 12.2. The number of nitrogens with zero attached hydrogens (tertiary/aromatic N) is 3. The molecule has 3 heterocycles. The molecule has 1 aromatic heterocycles. The van der Waals surface area contributed by atoms with Crippen molar-refractivity contribution in [2.75, 3.05) is 39.8 Å². The summed E-state index contributed by atoms with van der Waals surface area (Å²) >= 11 is 6.43. The number of carbonyl (C=O) groups excluding carboxylic acids is 2. The van der Waals surface area contributed by atoms with E-state index in [0.717, 1.165) is 32.0 Å². The number of halogens is 4. The largest absolute Gasteiger partial charge is 0.449 e. The molecular weight excluding hydrogens is 483 g/mol. The molecule has 1 unspecified atom stereocenters. The first kappa shape index (κ1) is 24.4. The zero-order chi connectivity index (χ0) is 25.1. The second-order valence-corrected chi connectivity index (χ2v) is 10.5. The second kappa shape index (κ2) is 9.00. The van der Waals surface area contributed by atoms with E-state index in [1.165, 1.54) is 4.90 Å². The van der Waals surface area contributed by atoms with Gasteiger partial charge in [0.05, 0.1) is 10.6 Å². The van der Waals surface area contributed by atoms with Crippen molar-refractivity contribution >= 4 is 34.4 Å². The van der Waals surface area contributed by atoms with E-state index in [0.29, 0.717) is 38.0 Å². The summed E-state index contributed by atoms with van der Waals surface area (Å²) in [6.07, 6.45) is -1.94. The molecule has 35 heavy (non-hydrogen) atoms.